The maximum atomic E-state index is 11.1. The molecule has 0 spiro atoms. The Bertz CT molecular complexity index is 656. The molecule has 0 saturated heterocycles. The second kappa shape index (κ2) is 5.56. The third-order valence-electron chi connectivity index (χ3n) is 2.78. The summed E-state index contributed by atoms with van der Waals surface area (Å²) >= 11 is 0. The van der Waals surface area contributed by atoms with Gasteiger partial charge in [-0.1, -0.05) is 12.1 Å². The molecule has 0 saturated carbocycles. The van der Waals surface area contributed by atoms with Gasteiger partial charge in [0.2, 0.25) is 11.6 Å². The van der Waals surface area contributed by atoms with Crippen molar-refractivity contribution in [3.05, 3.63) is 51.6 Å². The van der Waals surface area contributed by atoms with Gasteiger partial charge in [-0.15, -0.1) is 0 Å². The first-order valence-corrected chi connectivity index (χ1v) is 6.09. The van der Waals surface area contributed by atoms with Gasteiger partial charge in [-0.3, -0.25) is 10.1 Å². The van der Waals surface area contributed by atoms with E-state index >= 15 is 0 Å². The van der Waals surface area contributed by atoms with Crippen LogP contribution in [0.1, 0.15) is 11.1 Å². The predicted octanol–water partition coefficient (Wildman–Crippen LogP) is 3.44. The summed E-state index contributed by atoms with van der Waals surface area (Å²) < 4.78 is 5.61. The number of benzene rings is 1. The molecule has 2 rings (SSSR count). The van der Waals surface area contributed by atoms with Crippen LogP contribution in [-0.4, -0.2) is 17.0 Å². The van der Waals surface area contributed by atoms with Crippen LogP contribution < -0.4 is 10.1 Å². The lowest BCUT2D eigenvalue weighted by molar-refractivity contribution is -0.385. The molecule has 0 aliphatic heterocycles. The Hall–Kier alpha value is -2.63. The number of nitro benzene ring substituents is 1. The fourth-order valence-electron chi connectivity index (χ4n) is 1.92. The molecule has 0 bridgehead atoms. The molecule has 1 aromatic carbocycles. The van der Waals surface area contributed by atoms with E-state index in [9.17, 15) is 10.1 Å². The summed E-state index contributed by atoms with van der Waals surface area (Å²) in [6.07, 6.45) is 0. The summed E-state index contributed by atoms with van der Waals surface area (Å²) in [5, 5.41) is 14.0. The Balaban J connectivity index is 2.44. The SMILES string of the molecule is CNc1cccc(Oc2c(C)cc(C)cc2[N+](=O)[O-])n1. The third-order valence-corrected chi connectivity index (χ3v) is 2.78. The average Bonchev–Trinajstić information content (AvgIpc) is 2.41. The Labute approximate surface area is 116 Å². The first-order valence-electron chi connectivity index (χ1n) is 6.09. The summed E-state index contributed by atoms with van der Waals surface area (Å²) in [5.41, 5.74) is 1.46. The van der Waals surface area contributed by atoms with Crippen LogP contribution in [0.5, 0.6) is 11.6 Å². The fraction of sp³-hybridized carbons (Fsp3) is 0.214. The van der Waals surface area contributed by atoms with Crippen molar-refractivity contribution in [2.75, 3.05) is 12.4 Å². The highest BCUT2D eigenvalue weighted by Crippen LogP contribution is 2.35. The van der Waals surface area contributed by atoms with Gasteiger partial charge < -0.3 is 10.1 Å². The monoisotopic (exact) mass is 273 g/mol. The second-order valence-corrected chi connectivity index (χ2v) is 4.40. The minimum absolute atomic E-state index is 0.0563. The normalized spacial score (nSPS) is 10.2. The lowest BCUT2D eigenvalue weighted by Crippen LogP contribution is -1.99. The van der Waals surface area contributed by atoms with Crippen molar-refractivity contribution in [3.63, 3.8) is 0 Å². The van der Waals surface area contributed by atoms with Gasteiger partial charge in [-0.05, 0) is 31.0 Å². The van der Waals surface area contributed by atoms with Crippen LogP contribution in [0.25, 0.3) is 0 Å². The van der Waals surface area contributed by atoms with Crippen LogP contribution in [0.4, 0.5) is 11.5 Å². The summed E-state index contributed by atoms with van der Waals surface area (Å²) in [6, 6.07) is 8.53. The van der Waals surface area contributed by atoms with Crippen LogP contribution in [-0.2, 0) is 0 Å². The molecule has 0 aliphatic rings. The number of pyridine rings is 1. The number of ether oxygens (including phenoxy) is 1. The van der Waals surface area contributed by atoms with E-state index < -0.39 is 4.92 Å². The Morgan fingerprint density at radius 2 is 2.05 bits per heavy atom. The van der Waals surface area contributed by atoms with E-state index in [2.05, 4.69) is 10.3 Å². The summed E-state index contributed by atoms with van der Waals surface area (Å²) in [6.45, 7) is 3.58. The van der Waals surface area contributed by atoms with Gasteiger partial charge in [-0.25, -0.2) is 0 Å². The Morgan fingerprint density at radius 3 is 2.70 bits per heavy atom. The molecular weight excluding hydrogens is 258 g/mol. The van der Waals surface area contributed by atoms with Crippen molar-refractivity contribution in [1.29, 1.82) is 0 Å². The molecule has 0 radical (unpaired) electrons. The zero-order valence-electron chi connectivity index (χ0n) is 11.5. The largest absolute Gasteiger partial charge is 0.431 e. The molecule has 2 aromatic rings. The van der Waals surface area contributed by atoms with E-state index in [0.29, 0.717) is 17.3 Å². The number of nitrogens with one attached hydrogen (secondary N) is 1. The standard InChI is InChI=1S/C14H15N3O3/c1-9-7-10(2)14(11(8-9)17(18)19)20-13-6-4-5-12(15-3)16-13/h4-8H,1-3H3,(H,15,16). The van der Waals surface area contributed by atoms with Crippen LogP contribution in [0, 0.1) is 24.0 Å². The number of hydrogen-bond acceptors (Lipinski definition) is 5. The number of rotatable bonds is 4. The fourth-order valence-corrected chi connectivity index (χ4v) is 1.92. The van der Waals surface area contributed by atoms with Gasteiger partial charge >= 0.3 is 5.69 Å². The molecule has 1 aromatic heterocycles. The molecule has 6 heteroatoms. The van der Waals surface area contributed by atoms with Crippen LogP contribution in [0.3, 0.4) is 0 Å². The van der Waals surface area contributed by atoms with Gasteiger partial charge in [0, 0.05) is 19.2 Å². The molecule has 0 unspecified atom stereocenters. The number of aromatic nitrogens is 1. The average molecular weight is 273 g/mol. The van der Waals surface area contributed by atoms with Crippen LogP contribution >= 0.6 is 0 Å². The molecule has 0 atom stereocenters. The molecule has 1 N–H and O–H groups in total. The van der Waals surface area contributed by atoms with Crippen LogP contribution in [0.2, 0.25) is 0 Å². The summed E-state index contributed by atoms with van der Waals surface area (Å²) in [5.74, 6) is 1.17. The van der Waals surface area contributed by atoms with Crippen LogP contribution in [0.15, 0.2) is 30.3 Å². The number of nitro groups is 1. The smallest absolute Gasteiger partial charge is 0.312 e. The number of aryl methyl sites for hydroxylation is 2. The Morgan fingerprint density at radius 1 is 1.30 bits per heavy atom. The van der Waals surface area contributed by atoms with Crippen molar-refractivity contribution in [2.45, 2.75) is 13.8 Å². The molecule has 0 amide bonds. The third kappa shape index (κ3) is 2.85. The number of nitrogens with zero attached hydrogens (tertiary/aromatic N) is 2. The van der Waals surface area contributed by atoms with Gasteiger partial charge in [0.1, 0.15) is 5.82 Å². The highest BCUT2D eigenvalue weighted by molar-refractivity contribution is 5.55. The molecule has 6 nitrogen and oxygen atoms in total. The van der Waals surface area contributed by atoms with Crippen molar-refractivity contribution in [2.24, 2.45) is 0 Å². The molecule has 0 aliphatic carbocycles. The van der Waals surface area contributed by atoms with Gasteiger partial charge in [0.05, 0.1) is 4.92 Å². The van der Waals surface area contributed by atoms with Crippen molar-refractivity contribution in [3.8, 4) is 11.6 Å². The highest BCUT2D eigenvalue weighted by atomic mass is 16.6. The minimum Gasteiger partial charge on any atom is -0.431 e. The van der Waals surface area contributed by atoms with Crippen molar-refractivity contribution >= 4 is 11.5 Å². The first kappa shape index (κ1) is 13.8. The van der Waals surface area contributed by atoms with E-state index in [-0.39, 0.29) is 11.4 Å². The van der Waals surface area contributed by atoms with Crippen molar-refractivity contribution in [1.82, 2.24) is 4.98 Å². The van der Waals surface area contributed by atoms with E-state index in [1.54, 1.807) is 32.2 Å². The number of hydrogen-bond donors (Lipinski definition) is 1. The molecule has 20 heavy (non-hydrogen) atoms. The predicted molar refractivity (Wildman–Crippen MR) is 76.4 cm³/mol. The topological polar surface area (TPSA) is 77.3 Å². The molecule has 104 valence electrons. The lowest BCUT2D eigenvalue weighted by Gasteiger charge is -2.10. The summed E-state index contributed by atoms with van der Waals surface area (Å²) in [4.78, 5) is 14.9. The zero-order chi connectivity index (χ0) is 14.7. The second-order valence-electron chi connectivity index (χ2n) is 4.40. The summed E-state index contributed by atoms with van der Waals surface area (Å²) in [7, 11) is 1.74. The molecular formula is C14H15N3O3. The van der Waals surface area contributed by atoms with E-state index in [0.717, 1.165) is 5.56 Å². The molecule has 1 heterocycles. The van der Waals surface area contributed by atoms with Gasteiger partial charge in [0.25, 0.3) is 0 Å². The van der Waals surface area contributed by atoms with Crippen molar-refractivity contribution < 1.29 is 9.66 Å². The lowest BCUT2D eigenvalue weighted by atomic mass is 10.1. The van der Waals surface area contributed by atoms with E-state index in [4.69, 9.17) is 4.74 Å². The quantitative estimate of drug-likeness (QED) is 0.682. The van der Waals surface area contributed by atoms with E-state index in [1.807, 2.05) is 13.0 Å². The molecule has 0 fully saturated rings. The number of anilines is 1. The highest BCUT2D eigenvalue weighted by Gasteiger charge is 2.19. The van der Waals surface area contributed by atoms with Gasteiger partial charge in [0.15, 0.2) is 0 Å². The maximum absolute atomic E-state index is 11.1. The zero-order valence-corrected chi connectivity index (χ0v) is 11.5. The Kier molecular flexibility index (Phi) is 3.84. The first-order chi connectivity index (χ1) is 9.51. The maximum Gasteiger partial charge on any atom is 0.312 e. The van der Waals surface area contributed by atoms with E-state index in [1.165, 1.54) is 6.07 Å². The van der Waals surface area contributed by atoms with Gasteiger partial charge in [-0.2, -0.15) is 4.98 Å². The minimum atomic E-state index is -0.447.